The standard InChI is InChI=1S/C28H28N10O/c1-4-25(39)36-9-10-37(19(3)15-36)28-29-14-23-26(35-28)27(32-16-30-23)34-22-6-5-21(18(2)11-22)12-20-7-8-38-24(13-20)31-17-33-38/h4-8,11,13-14,16-17,19H,1,9-10,12,15H2,2-3H3,(H,30,32,34)/t19-/m0/s1. The van der Waals surface area contributed by atoms with Gasteiger partial charge in [-0.25, -0.2) is 29.4 Å². The van der Waals surface area contributed by atoms with Crippen LogP contribution < -0.4 is 10.2 Å². The van der Waals surface area contributed by atoms with Crippen LogP contribution in [0, 0.1) is 6.92 Å². The fraction of sp³-hybridized carbons (Fsp3) is 0.250. The number of fused-ring (bicyclic) bond motifs is 2. The van der Waals surface area contributed by atoms with E-state index >= 15 is 0 Å². The number of hydrogen-bond donors (Lipinski definition) is 1. The van der Waals surface area contributed by atoms with E-state index < -0.39 is 0 Å². The van der Waals surface area contributed by atoms with Crippen LogP contribution in [0.15, 0.2) is 68.0 Å². The summed E-state index contributed by atoms with van der Waals surface area (Å²) in [6.45, 7) is 9.57. The number of aromatic nitrogens is 7. The zero-order chi connectivity index (χ0) is 26.9. The minimum Gasteiger partial charge on any atom is -0.338 e. The maximum atomic E-state index is 12.0. The van der Waals surface area contributed by atoms with Crippen molar-refractivity contribution < 1.29 is 4.79 Å². The van der Waals surface area contributed by atoms with Gasteiger partial charge in [0.2, 0.25) is 11.9 Å². The van der Waals surface area contributed by atoms with Crippen LogP contribution in [0.2, 0.25) is 0 Å². The van der Waals surface area contributed by atoms with Crippen molar-refractivity contribution in [3.8, 4) is 0 Å². The molecule has 1 aromatic carbocycles. The van der Waals surface area contributed by atoms with Crippen molar-refractivity contribution >= 4 is 40.0 Å². The molecule has 0 bridgehead atoms. The van der Waals surface area contributed by atoms with Crippen LogP contribution in [0.3, 0.4) is 0 Å². The van der Waals surface area contributed by atoms with E-state index in [1.807, 2.05) is 12.3 Å². The number of rotatable bonds is 6. The molecule has 4 aromatic heterocycles. The van der Waals surface area contributed by atoms with Gasteiger partial charge in [-0.3, -0.25) is 4.79 Å². The third-order valence-corrected chi connectivity index (χ3v) is 7.08. The third kappa shape index (κ3) is 4.86. The molecule has 1 N–H and O–H groups in total. The lowest BCUT2D eigenvalue weighted by molar-refractivity contribution is -0.126. The van der Waals surface area contributed by atoms with Crippen molar-refractivity contribution in [3.05, 3.63) is 84.7 Å². The summed E-state index contributed by atoms with van der Waals surface area (Å²) in [5.41, 5.74) is 6.61. The Hall–Kier alpha value is -4.93. The molecule has 6 rings (SSSR count). The molecule has 196 valence electrons. The van der Waals surface area contributed by atoms with Gasteiger partial charge in [0.25, 0.3) is 0 Å². The highest BCUT2D eigenvalue weighted by molar-refractivity contribution is 5.88. The van der Waals surface area contributed by atoms with Gasteiger partial charge in [0, 0.05) is 37.6 Å². The molecule has 1 atom stereocenters. The fourth-order valence-electron chi connectivity index (χ4n) is 4.95. The Kier molecular flexibility index (Phi) is 6.31. The number of carbonyl (C=O) groups excluding carboxylic acids is 1. The molecule has 5 aromatic rings. The SMILES string of the molecule is C=CC(=O)N1CCN(c2ncc3ncnc(Nc4ccc(Cc5ccn6ncnc6c5)c(C)c4)c3n2)[C@@H](C)C1. The van der Waals surface area contributed by atoms with Crippen LogP contribution >= 0.6 is 0 Å². The second kappa shape index (κ2) is 10.1. The van der Waals surface area contributed by atoms with Crippen molar-refractivity contribution in [2.75, 3.05) is 29.9 Å². The lowest BCUT2D eigenvalue weighted by Crippen LogP contribution is -2.54. The van der Waals surface area contributed by atoms with Gasteiger partial charge in [0.1, 0.15) is 23.7 Å². The minimum atomic E-state index is -0.0569. The number of hydrogen-bond acceptors (Lipinski definition) is 9. The molecule has 0 radical (unpaired) electrons. The molecule has 0 unspecified atom stereocenters. The van der Waals surface area contributed by atoms with Crippen LogP contribution in [-0.4, -0.2) is 71.0 Å². The van der Waals surface area contributed by atoms with E-state index in [1.165, 1.54) is 23.5 Å². The Labute approximate surface area is 225 Å². The topological polar surface area (TPSA) is 117 Å². The number of anilines is 3. The predicted octanol–water partition coefficient (Wildman–Crippen LogP) is 3.33. The summed E-state index contributed by atoms with van der Waals surface area (Å²) in [6.07, 6.45) is 8.88. The molecular formula is C28H28N10O. The van der Waals surface area contributed by atoms with E-state index in [0.717, 1.165) is 23.3 Å². The molecule has 0 saturated carbocycles. The zero-order valence-corrected chi connectivity index (χ0v) is 21.8. The Bertz CT molecular complexity index is 1700. The van der Waals surface area contributed by atoms with Gasteiger partial charge in [-0.05, 0) is 67.3 Å². The number of nitrogens with one attached hydrogen (secondary N) is 1. The van der Waals surface area contributed by atoms with Crippen LogP contribution in [-0.2, 0) is 11.2 Å². The molecular weight excluding hydrogens is 492 g/mol. The summed E-state index contributed by atoms with van der Waals surface area (Å²) in [7, 11) is 0. The number of piperazine rings is 1. The van der Waals surface area contributed by atoms with Crippen molar-refractivity contribution in [2.45, 2.75) is 26.3 Å². The van der Waals surface area contributed by atoms with E-state index in [9.17, 15) is 4.79 Å². The first-order chi connectivity index (χ1) is 19.0. The predicted molar refractivity (Wildman–Crippen MR) is 149 cm³/mol. The highest BCUT2D eigenvalue weighted by Gasteiger charge is 2.27. The van der Waals surface area contributed by atoms with E-state index in [4.69, 9.17) is 4.98 Å². The number of aryl methyl sites for hydroxylation is 1. The monoisotopic (exact) mass is 520 g/mol. The Morgan fingerprint density at radius 2 is 2.03 bits per heavy atom. The average Bonchev–Trinajstić information content (AvgIpc) is 3.42. The van der Waals surface area contributed by atoms with E-state index in [-0.39, 0.29) is 11.9 Å². The number of benzene rings is 1. The summed E-state index contributed by atoms with van der Waals surface area (Å²) in [5.74, 6) is 1.15. The number of pyridine rings is 1. The third-order valence-electron chi connectivity index (χ3n) is 7.08. The summed E-state index contributed by atoms with van der Waals surface area (Å²) in [5, 5.41) is 7.59. The second-order valence-corrected chi connectivity index (χ2v) is 9.70. The van der Waals surface area contributed by atoms with Crippen LogP contribution in [0.25, 0.3) is 16.7 Å². The van der Waals surface area contributed by atoms with Crippen molar-refractivity contribution in [1.82, 2.24) is 39.4 Å². The van der Waals surface area contributed by atoms with Gasteiger partial charge >= 0.3 is 0 Å². The molecule has 11 heteroatoms. The molecule has 0 aliphatic carbocycles. The Morgan fingerprint density at radius 1 is 1.13 bits per heavy atom. The molecule has 5 heterocycles. The summed E-state index contributed by atoms with van der Waals surface area (Å²) >= 11 is 0. The van der Waals surface area contributed by atoms with E-state index in [0.29, 0.717) is 42.4 Å². The van der Waals surface area contributed by atoms with Crippen LogP contribution in [0.4, 0.5) is 17.5 Å². The quantitative estimate of drug-likeness (QED) is 0.336. The number of amides is 1. The highest BCUT2D eigenvalue weighted by Crippen LogP contribution is 2.26. The average molecular weight is 521 g/mol. The maximum Gasteiger partial charge on any atom is 0.246 e. The normalized spacial score (nSPS) is 15.6. The van der Waals surface area contributed by atoms with Crippen molar-refractivity contribution in [3.63, 3.8) is 0 Å². The number of nitrogens with zero attached hydrogens (tertiary/aromatic N) is 9. The van der Waals surface area contributed by atoms with Gasteiger partial charge in [-0.15, -0.1) is 0 Å². The molecule has 1 aliphatic heterocycles. The highest BCUT2D eigenvalue weighted by atomic mass is 16.2. The molecule has 39 heavy (non-hydrogen) atoms. The lowest BCUT2D eigenvalue weighted by atomic mass is 10.0. The van der Waals surface area contributed by atoms with Crippen molar-refractivity contribution in [1.29, 1.82) is 0 Å². The smallest absolute Gasteiger partial charge is 0.246 e. The van der Waals surface area contributed by atoms with Crippen LogP contribution in [0.5, 0.6) is 0 Å². The molecule has 1 amide bonds. The Morgan fingerprint density at radius 3 is 2.85 bits per heavy atom. The largest absolute Gasteiger partial charge is 0.338 e. The molecule has 1 saturated heterocycles. The van der Waals surface area contributed by atoms with E-state index in [2.05, 4.69) is 79.9 Å². The summed E-state index contributed by atoms with van der Waals surface area (Å²) in [6, 6.07) is 10.5. The first-order valence-corrected chi connectivity index (χ1v) is 12.8. The van der Waals surface area contributed by atoms with Crippen LogP contribution in [0.1, 0.15) is 23.6 Å². The van der Waals surface area contributed by atoms with Crippen molar-refractivity contribution in [2.24, 2.45) is 0 Å². The molecule has 0 spiro atoms. The van der Waals surface area contributed by atoms with E-state index in [1.54, 1.807) is 21.9 Å². The second-order valence-electron chi connectivity index (χ2n) is 9.70. The minimum absolute atomic E-state index is 0.0569. The first-order valence-electron chi connectivity index (χ1n) is 12.8. The van der Waals surface area contributed by atoms with Gasteiger partial charge in [0.05, 0.1) is 6.20 Å². The zero-order valence-electron chi connectivity index (χ0n) is 21.8. The van der Waals surface area contributed by atoms with Gasteiger partial charge in [0.15, 0.2) is 11.5 Å². The molecule has 1 fully saturated rings. The number of carbonyl (C=O) groups is 1. The Balaban J connectivity index is 1.22. The lowest BCUT2D eigenvalue weighted by Gasteiger charge is -2.39. The maximum absolute atomic E-state index is 12.0. The van der Waals surface area contributed by atoms with Gasteiger partial charge in [-0.1, -0.05) is 12.6 Å². The first kappa shape index (κ1) is 24.4. The molecule has 1 aliphatic rings. The fourth-order valence-corrected chi connectivity index (χ4v) is 4.95. The summed E-state index contributed by atoms with van der Waals surface area (Å²) < 4.78 is 1.76. The summed E-state index contributed by atoms with van der Waals surface area (Å²) in [4.78, 5) is 38.5. The van der Waals surface area contributed by atoms with Gasteiger partial charge in [-0.2, -0.15) is 5.10 Å². The van der Waals surface area contributed by atoms with Gasteiger partial charge < -0.3 is 15.1 Å². The molecule has 11 nitrogen and oxygen atoms in total.